The topological polar surface area (TPSA) is 54.0 Å². The fourth-order valence-electron chi connectivity index (χ4n) is 2.09. The molecule has 4 nitrogen and oxygen atoms in total. The Morgan fingerprint density at radius 1 is 1.44 bits per heavy atom. The first-order valence-electron chi connectivity index (χ1n) is 6.77. The summed E-state index contributed by atoms with van der Waals surface area (Å²) < 4.78 is 0. The number of pyridine rings is 1. The normalized spacial score (nSPS) is 14.9. The van der Waals surface area contributed by atoms with Crippen molar-refractivity contribution in [2.24, 2.45) is 5.92 Å². The van der Waals surface area contributed by atoms with Crippen molar-refractivity contribution in [1.29, 1.82) is 0 Å². The smallest absolute Gasteiger partial charge is 0.252 e. The molecule has 4 heteroatoms. The number of nitrogens with one attached hydrogen (secondary N) is 2. The molecule has 1 aliphatic carbocycles. The van der Waals surface area contributed by atoms with Crippen LogP contribution in [-0.4, -0.2) is 24.0 Å². The lowest BCUT2D eigenvalue weighted by atomic mass is 9.83. The van der Waals surface area contributed by atoms with Gasteiger partial charge in [0, 0.05) is 19.3 Å². The van der Waals surface area contributed by atoms with Crippen molar-refractivity contribution in [3.05, 3.63) is 23.9 Å². The second-order valence-corrected chi connectivity index (χ2v) is 4.80. The van der Waals surface area contributed by atoms with E-state index >= 15 is 0 Å². The van der Waals surface area contributed by atoms with E-state index in [1.54, 1.807) is 6.20 Å². The first-order chi connectivity index (χ1) is 8.79. The molecule has 1 amide bonds. The van der Waals surface area contributed by atoms with Crippen LogP contribution in [-0.2, 0) is 0 Å². The number of carbonyl (C=O) groups excluding carboxylic acids is 1. The van der Waals surface area contributed by atoms with E-state index in [2.05, 4.69) is 15.6 Å². The van der Waals surface area contributed by atoms with E-state index in [0.29, 0.717) is 5.56 Å². The van der Waals surface area contributed by atoms with Gasteiger partial charge in [0.05, 0.1) is 5.56 Å². The maximum atomic E-state index is 11.8. The standard InChI is InChI=1S/C14H21N3O/c1-2-15-13-7-6-12(10-17-13)14(18)16-9-8-11-4-3-5-11/h6-7,10-11H,2-5,8-9H2,1H3,(H,15,17)(H,16,18). The zero-order valence-corrected chi connectivity index (χ0v) is 10.9. The molecule has 0 bridgehead atoms. The van der Waals surface area contributed by atoms with Gasteiger partial charge in [-0.05, 0) is 31.4 Å². The van der Waals surface area contributed by atoms with Crippen molar-refractivity contribution in [2.45, 2.75) is 32.6 Å². The highest BCUT2D eigenvalue weighted by atomic mass is 16.1. The summed E-state index contributed by atoms with van der Waals surface area (Å²) in [6.07, 6.45) is 6.74. The molecule has 1 aromatic rings. The van der Waals surface area contributed by atoms with Gasteiger partial charge in [0.2, 0.25) is 0 Å². The molecule has 0 spiro atoms. The molecule has 0 aliphatic heterocycles. The SMILES string of the molecule is CCNc1ccc(C(=O)NCCC2CCC2)cn1. The summed E-state index contributed by atoms with van der Waals surface area (Å²) >= 11 is 0. The molecule has 0 radical (unpaired) electrons. The van der Waals surface area contributed by atoms with E-state index in [9.17, 15) is 4.79 Å². The summed E-state index contributed by atoms with van der Waals surface area (Å²) in [6, 6.07) is 3.65. The van der Waals surface area contributed by atoms with Crippen LogP contribution in [0, 0.1) is 5.92 Å². The first-order valence-corrected chi connectivity index (χ1v) is 6.77. The number of nitrogens with zero attached hydrogens (tertiary/aromatic N) is 1. The maximum Gasteiger partial charge on any atom is 0.252 e. The molecule has 18 heavy (non-hydrogen) atoms. The van der Waals surface area contributed by atoms with Gasteiger partial charge in [-0.2, -0.15) is 0 Å². The Kier molecular flexibility index (Phi) is 4.56. The zero-order chi connectivity index (χ0) is 12.8. The van der Waals surface area contributed by atoms with Crippen molar-refractivity contribution >= 4 is 11.7 Å². The number of carbonyl (C=O) groups is 1. The molecule has 0 saturated heterocycles. The fourth-order valence-corrected chi connectivity index (χ4v) is 2.09. The number of amides is 1. The molecule has 2 N–H and O–H groups in total. The van der Waals surface area contributed by atoms with Crippen LogP contribution in [0.5, 0.6) is 0 Å². The lowest BCUT2D eigenvalue weighted by Gasteiger charge is -2.25. The largest absolute Gasteiger partial charge is 0.370 e. The van der Waals surface area contributed by atoms with E-state index in [-0.39, 0.29) is 5.91 Å². The third-order valence-electron chi connectivity index (χ3n) is 3.45. The van der Waals surface area contributed by atoms with E-state index < -0.39 is 0 Å². The molecule has 2 rings (SSSR count). The van der Waals surface area contributed by atoms with E-state index in [1.165, 1.54) is 19.3 Å². The Balaban J connectivity index is 1.76. The van der Waals surface area contributed by atoms with Crippen LogP contribution in [0.25, 0.3) is 0 Å². The molecule has 1 heterocycles. The number of rotatable bonds is 6. The molecule has 1 aromatic heterocycles. The second kappa shape index (κ2) is 6.38. The molecule has 1 aliphatic rings. The van der Waals surface area contributed by atoms with Crippen LogP contribution in [0.4, 0.5) is 5.82 Å². The molecule has 1 saturated carbocycles. The Bertz CT molecular complexity index is 385. The summed E-state index contributed by atoms with van der Waals surface area (Å²) in [4.78, 5) is 16.0. The molecular formula is C14H21N3O. The van der Waals surface area contributed by atoms with Gasteiger partial charge in [0.15, 0.2) is 0 Å². The lowest BCUT2D eigenvalue weighted by Crippen LogP contribution is -2.27. The fraction of sp³-hybridized carbons (Fsp3) is 0.571. The zero-order valence-electron chi connectivity index (χ0n) is 10.9. The summed E-state index contributed by atoms with van der Waals surface area (Å²) in [5, 5.41) is 6.05. The van der Waals surface area contributed by atoms with Crippen LogP contribution in [0.1, 0.15) is 43.0 Å². The van der Waals surface area contributed by atoms with Gasteiger partial charge < -0.3 is 10.6 Å². The first kappa shape index (κ1) is 12.9. The summed E-state index contributed by atoms with van der Waals surface area (Å²) in [5.74, 6) is 1.62. The van der Waals surface area contributed by atoms with Crippen LogP contribution < -0.4 is 10.6 Å². The number of anilines is 1. The third kappa shape index (κ3) is 3.45. The number of hydrogen-bond acceptors (Lipinski definition) is 3. The minimum Gasteiger partial charge on any atom is -0.370 e. The summed E-state index contributed by atoms with van der Waals surface area (Å²) in [5.41, 5.74) is 0.630. The Hall–Kier alpha value is -1.58. The summed E-state index contributed by atoms with van der Waals surface area (Å²) in [6.45, 7) is 3.63. The summed E-state index contributed by atoms with van der Waals surface area (Å²) in [7, 11) is 0. The molecule has 1 fully saturated rings. The second-order valence-electron chi connectivity index (χ2n) is 4.80. The minimum absolute atomic E-state index is 0.0233. The van der Waals surface area contributed by atoms with Gasteiger partial charge in [-0.25, -0.2) is 4.98 Å². The highest BCUT2D eigenvalue weighted by Crippen LogP contribution is 2.28. The van der Waals surface area contributed by atoms with E-state index in [1.807, 2.05) is 19.1 Å². The molecule has 98 valence electrons. The highest BCUT2D eigenvalue weighted by Gasteiger charge is 2.17. The number of hydrogen-bond donors (Lipinski definition) is 2. The average Bonchev–Trinajstić information content (AvgIpc) is 2.33. The third-order valence-corrected chi connectivity index (χ3v) is 3.45. The monoisotopic (exact) mass is 247 g/mol. The molecule has 0 atom stereocenters. The molecular weight excluding hydrogens is 226 g/mol. The maximum absolute atomic E-state index is 11.8. The predicted octanol–water partition coefficient (Wildman–Crippen LogP) is 2.43. The minimum atomic E-state index is -0.0233. The Morgan fingerprint density at radius 2 is 2.28 bits per heavy atom. The Labute approximate surface area is 108 Å². The van der Waals surface area contributed by atoms with Crippen molar-refractivity contribution in [3.8, 4) is 0 Å². The van der Waals surface area contributed by atoms with Gasteiger partial charge in [-0.3, -0.25) is 4.79 Å². The van der Waals surface area contributed by atoms with E-state index in [0.717, 1.165) is 31.2 Å². The van der Waals surface area contributed by atoms with Gasteiger partial charge in [-0.1, -0.05) is 19.3 Å². The van der Waals surface area contributed by atoms with Crippen LogP contribution >= 0.6 is 0 Å². The molecule has 0 unspecified atom stereocenters. The highest BCUT2D eigenvalue weighted by molar-refractivity contribution is 5.94. The van der Waals surface area contributed by atoms with Crippen molar-refractivity contribution in [1.82, 2.24) is 10.3 Å². The van der Waals surface area contributed by atoms with Gasteiger partial charge >= 0.3 is 0 Å². The van der Waals surface area contributed by atoms with Crippen LogP contribution in [0.15, 0.2) is 18.3 Å². The lowest BCUT2D eigenvalue weighted by molar-refractivity contribution is 0.0948. The van der Waals surface area contributed by atoms with Gasteiger partial charge in [-0.15, -0.1) is 0 Å². The average molecular weight is 247 g/mol. The Morgan fingerprint density at radius 3 is 2.83 bits per heavy atom. The quantitative estimate of drug-likeness (QED) is 0.811. The predicted molar refractivity (Wildman–Crippen MR) is 72.7 cm³/mol. The van der Waals surface area contributed by atoms with Crippen LogP contribution in [0.2, 0.25) is 0 Å². The van der Waals surface area contributed by atoms with E-state index in [4.69, 9.17) is 0 Å². The van der Waals surface area contributed by atoms with Gasteiger partial charge in [0.25, 0.3) is 5.91 Å². The van der Waals surface area contributed by atoms with Gasteiger partial charge in [0.1, 0.15) is 5.82 Å². The molecule has 0 aromatic carbocycles. The van der Waals surface area contributed by atoms with Crippen molar-refractivity contribution in [3.63, 3.8) is 0 Å². The van der Waals surface area contributed by atoms with Crippen molar-refractivity contribution < 1.29 is 4.79 Å². The van der Waals surface area contributed by atoms with Crippen molar-refractivity contribution in [2.75, 3.05) is 18.4 Å². The van der Waals surface area contributed by atoms with Crippen LogP contribution in [0.3, 0.4) is 0 Å². The number of aromatic nitrogens is 1.